The SMILES string of the molecule is N#Cc1ccccc1NC(=O)CC(=O)Nc1ccc(Cl)c(C(F)(F)F)c1. The quantitative estimate of drug-likeness (QED) is 0.779. The number of anilines is 2. The molecule has 0 atom stereocenters. The van der Waals surface area contributed by atoms with Crippen LogP contribution in [0.25, 0.3) is 0 Å². The van der Waals surface area contributed by atoms with E-state index in [1.165, 1.54) is 18.2 Å². The summed E-state index contributed by atoms with van der Waals surface area (Å²) in [7, 11) is 0. The molecule has 26 heavy (non-hydrogen) atoms. The predicted octanol–water partition coefficient (Wildman–Crippen LogP) is 4.20. The van der Waals surface area contributed by atoms with Gasteiger partial charge in [-0.2, -0.15) is 18.4 Å². The Balaban J connectivity index is 2.03. The van der Waals surface area contributed by atoms with Crippen LogP contribution in [0.2, 0.25) is 5.02 Å². The Labute approximate surface area is 151 Å². The molecule has 9 heteroatoms. The molecule has 134 valence electrons. The van der Waals surface area contributed by atoms with E-state index in [-0.39, 0.29) is 16.9 Å². The van der Waals surface area contributed by atoms with Crippen LogP contribution in [0.4, 0.5) is 24.5 Å². The Morgan fingerprint density at radius 3 is 2.38 bits per heavy atom. The standard InChI is InChI=1S/C17H11ClF3N3O2/c18-13-6-5-11(7-12(13)17(19,20)21)23-15(25)8-16(26)24-14-4-2-1-3-10(14)9-22/h1-7H,8H2,(H,23,25)(H,24,26). The Kier molecular flexibility index (Phi) is 5.85. The lowest BCUT2D eigenvalue weighted by atomic mass is 10.2. The van der Waals surface area contributed by atoms with Crippen molar-refractivity contribution in [1.29, 1.82) is 5.26 Å². The van der Waals surface area contributed by atoms with Gasteiger partial charge in [0.1, 0.15) is 12.5 Å². The number of para-hydroxylation sites is 1. The van der Waals surface area contributed by atoms with Crippen molar-refractivity contribution in [3.05, 3.63) is 58.6 Å². The van der Waals surface area contributed by atoms with Crippen LogP contribution in [0.15, 0.2) is 42.5 Å². The van der Waals surface area contributed by atoms with Crippen LogP contribution < -0.4 is 10.6 Å². The molecule has 2 aromatic rings. The first-order valence-electron chi connectivity index (χ1n) is 7.16. The molecule has 0 bridgehead atoms. The van der Waals surface area contributed by atoms with Gasteiger partial charge in [0.05, 0.1) is 21.8 Å². The van der Waals surface area contributed by atoms with E-state index in [0.29, 0.717) is 6.07 Å². The Hall–Kier alpha value is -3.05. The number of halogens is 4. The van der Waals surface area contributed by atoms with Crippen LogP contribution in [0.5, 0.6) is 0 Å². The smallest absolute Gasteiger partial charge is 0.326 e. The summed E-state index contributed by atoms with van der Waals surface area (Å²) in [5, 5.41) is 13.0. The van der Waals surface area contributed by atoms with Crippen LogP contribution in [-0.4, -0.2) is 11.8 Å². The van der Waals surface area contributed by atoms with Gasteiger partial charge < -0.3 is 10.6 Å². The lowest BCUT2D eigenvalue weighted by Gasteiger charge is -2.12. The summed E-state index contributed by atoms with van der Waals surface area (Å²) in [5.74, 6) is -1.53. The number of hydrogen-bond donors (Lipinski definition) is 2. The molecule has 2 amide bonds. The van der Waals surface area contributed by atoms with Crippen molar-refractivity contribution in [2.75, 3.05) is 10.6 Å². The van der Waals surface area contributed by atoms with Crippen molar-refractivity contribution < 1.29 is 22.8 Å². The number of rotatable bonds is 4. The maximum atomic E-state index is 12.8. The van der Waals surface area contributed by atoms with Gasteiger partial charge in [-0.05, 0) is 30.3 Å². The van der Waals surface area contributed by atoms with Gasteiger partial charge in [0.2, 0.25) is 11.8 Å². The van der Waals surface area contributed by atoms with Gasteiger partial charge in [0.15, 0.2) is 0 Å². The molecule has 0 saturated heterocycles. The predicted molar refractivity (Wildman–Crippen MR) is 89.5 cm³/mol. The molecule has 0 aliphatic carbocycles. The summed E-state index contributed by atoms with van der Waals surface area (Å²) in [6.45, 7) is 0. The normalized spacial score (nSPS) is 10.7. The molecule has 0 aliphatic heterocycles. The molecule has 0 fully saturated rings. The summed E-state index contributed by atoms with van der Waals surface area (Å²) in [5.41, 5.74) is -0.784. The van der Waals surface area contributed by atoms with Gasteiger partial charge in [-0.15, -0.1) is 0 Å². The van der Waals surface area contributed by atoms with Gasteiger partial charge in [0, 0.05) is 5.69 Å². The van der Waals surface area contributed by atoms with E-state index < -0.39 is 35.0 Å². The van der Waals surface area contributed by atoms with Gasteiger partial charge in [-0.1, -0.05) is 23.7 Å². The molecule has 0 radical (unpaired) electrons. The van der Waals surface area contributed by atoms with E-state index in [1.807, 2.05) is 6.07 Å². The van der Waals surface area contributed by atoms with E-state index >= 15 is 0 Å². The number of carbonyl (C=O) groups is 2. The van der Waals surface area contributed by atoms with Crippen molar-refractivity contribution >= 4 is 34.8 Å². The summed E-state index contributed by atoms with van der Waals surface area (Å²) in [6.07, 6.45) is -5.31. The number of hydrogen-bond acceptors (Lipinski definition) is 3. The third-order valence-electron chi connectivity index (χ3n) is 3.20. The molecule has 0 heterocycles. The maximum Gasteiger partial charge on any atom is 0.417 e. The van der Waals surface area contributed by atoms with Crippen molar-refractivity contribution in [3.8, 4) is 6.07 Å². The zero-order valence-electron chi connectivity index (χ0n) is 13.0. The van der Waals surface area contributed by atoms with E-state index in [0.717, 1.165) is 6.07 Å². The van der Waals surface area contributed by atoms with Crippen molar-refractivity contribution in [3.63, 3.8) is 0 Å². The Morgan fingerprint density at radius 1 is 1.08 bits per heavy atom. The largest absolute Gasteiger partial charge is 0.417 e. The third kappa shape index (κ3) is 4.97. The summed E-state index contributed by atoms with van der Waals surface area (Å²) in [6, 6.07) is 11.0. The van der Waals surface area contributed by atoms with Gasteiger partial charge in [-0.25, -0.2) is 0 Å². The van der Waals surface area contributed by atoms with Gasteiger partial charge in [0.25, 0.3) is 0 Å². The average Bonchev–Trinajstić information content (AvgIpc) is 2.56. The van der Waals surface area contributed by atoms with Crippen LogP contribution in [0.3, 0.4) is 0 Å². The number of carbonyl (C=O) groups excluding carboxylic acids is 2. The van der Waals surface area contributed by atoms with Crippen molar-refractivity contribution in [2.45, 2.75) is 12.6 Å². The van der Waals surface area contributed by atoms with Crippen molar-refractivity contribution in [1.82, 2.24) is 0 Å². The summed E-state index contributed by atoms with van der Waals surface area (Å²) >= 11 is 5.50. The van der Waals surface area contributed by atoms with Gasteiger partial charge in [-0.3, -0.25) is 9.59 Å². The average molecular weight is 382 g/mol. The molecule has 5 nitrogen and oxygen atoms in total. The molecule has 2 N–H and O–H groups in total. The summed E-state index contributed by atoms with van der Waals surface area (Å²) < 4.78 is 38.4. The minimum Gasteiger partial charge on any atom is -0.326 e. The zero-order valence-corrected chi connectivity index (χ0v) is 13.8. The van der Waals surface area contributed by atoms with Crippen LogP contribution in [0.1, 0.15) is 17.5 Å². The molecule has 0 saturated carbocycles. The molecule has 2 aromatic carbocycles. The molecule has 0 unspecified atom stereocenters. The summed E-state index contributed by atoms with van der Waals surface area (Å²) in [4.78, 5) is 23.7. The molecule has 2 rings (SSSR count). The minimum absolute atomic E-state index is 0.142. The van der Waals surface area contributed by atoms with Gasteiger partial charge >= 0.3 is 6.18 Å². The Bertz CT molecular complexity index is 892. The number of benzene rings is 2. The highest BCUT2D eigenvalue weighted by Crippen LogP contribution is 2.36. The molecule has 0 aromatic heterocycles. The topological polar surface area (TPSA) is 82.0 Å². The first kappa shape index (κ1) is 19.3. The fourth-order valence-electron chi connectivity index (χ4n) is 2.06. The number of nitrogens with one attached hydrogen (secondary N) is 2. The fraction of sp³-hybridized carbons (Fsp3) is 0.118. The molecule has 0 spiro atoms. The van der Waals surface area contributed by atoms with E-state index in [9.17, 15) is 22.8 Å². The maximum absolute atomic E-state index is 12.8. The zero-order chi connectivity index (χ0) is 19.3. The highest BCUT2D eigenvalue weighted by molar-refractivity contribution is 6.31. The highest BCUT2D eigenvalue weighted by Gasteiger charge is 2.33. The monoisotopic (exact) mass is 381 g/mol. The second-order valence-electron chi connectivity index (χ2n) is 5.12. The Morgan fingerprint density at radius 2 is 1.73 bits per heavy atom. The lowest BCUT2D eigenvalue weighted by molar-refractivity contribution is -0.137. The van der Waals surface area contributed by atoms with Crippen molar-refractivity contribution in [2.24, 2.45) is 0 Å². The first-order chi connectivity index (χ1) is 12.2. The minimum atomic E-state index is -4.67. The van der Waals surface area contributed by atoms with Crippen LogP contribution in [-0.2, 0) is 15.8 Å². The number of nitriles is 1. The molecule has 0 aliphatic rings. The second kappa shape index (κ2) is 7.89. The van der Waals surface area contributed by atoms with E-state index in [2.05, 4.69) is 10.6 Å². The van der Waals surface area contributed by atoms with Crippen LogP contribution >= 0.6 is 11.6 Å². The lowest BCUT2D eigenvalue weighted by Crippen LogP contribution is -2.22. The fourth-order valence-corrected chi connectivity index (χ4v) is 2.28. The second-order valence-corrected chi connectivity index (χ2v) is 5.53. The molecular formula is C17H11ClF3N3O2. The van der Waals surface area contributed by atoms with E-state index in [1.54, 1.807) is 12.1 Å². The third-order valence-corrected chi connectivity index (χ3v) is 3.53. The first-order valence-corrected chi connectivity index (χ1v) is 7.54. The van der Waals surface area contributed by atoms with E-state index in [4.69, 9.17) is 16.9 Å². The highest BCUT2D eigenvalue weighted by atomic mass is 35.5. The number of nitrogens with zero attached hydrogens (tertiary/aromatic N) is 1. The number of amides is 2. The number of alkyl halides is 3. The van der Waals surface area contributed by atoms with Crippen LogP contribution in [0, 0.1) is 11.3 Å². The molecular weight excluding hydrogens is 371 g/mol.